The van der Waals surface area contributed by atoms with Gasteiger partial charge in [0.15, 0.2) is 0 Å². The summed E-state index contributed by atoms with van der Waals surface area (Å²) in [7, 11) is 0. The van der Waals surface area contributed by atoms with Crippen molar-refractivity contribution in [2.24, 2.45) is 0 Å². The van der Waals surface area contributed by atoms with E-state index in [9.17, 15) is 15.2 Å². The van der Waals surface area contributed by atoms with Crippen molar-refractivity contribution in [2.75, 3.05) is 5.32 Å². The van der Waals surface area contributed by atoms with Gasteiger partial charge in [-0.15, -0.1) is 0 Å². The fourth-order valence-electron chi connectivity index (χ4n) is 2.17. The Morgan fingerprint density at radius 2 is 1.83 bits per heavy atom. The van der Waals surface area contributed by atoms with Gasteiger partial charge in [0.05, 0.1) is 10.7 Å². The Morgan fingerprint density at radius 1 is 1.21 bits per heavy atom. The minimum atomic E-state index is -0.579. The Balaban J connectivity index is 2.31. The summed E-state index contributed by atoms with van der Waals surface area (Å²) in [6, 6.07) is 9.92. The molecule has 0 heterocycles. The van der Waals surface area contributed by atoms with Crippen molar-refractivity contribution in [3.8, 4) is 11.8 Å². The third kappa shape index (κ3) is 4.08. The molecule has 4 nitrogen and oxygen atoms in total. The number of halogens is 2. The van der Waals surface area contributed by atoms with E-state index < -0.39 is 5.91 Å². The molecule has 0 unspecified atom stereocenters. The number of carbonyl (C=O) groups excluding carboxylic acids is 1. The van der Waals surface area contributed by atoms with E-state index in [4.69, 9.17) is 23.2 Å². The van der Waals surface area contributed by atoms with E-state index >= 15 is 0 Å². The lowest BCUT2D eigenvalue weighted by Crippen LogP contribution is -2.13. The van der Waals surface area contributed by atoms with Gasteiger partial charge in [0.25, 0.3) is 5.91 Å². The minimum absolute atomic E-state index is 0.0782. The first-order valence-electron chi connectivity index (χ1n) is 7.00. The van der Waals surface area contributed by atoms with Crippen LogP contribution in [-0.4, -0.2) is 11.0 Å². The van der Waals surface area contributed by atoms with Gasteiger partial charge >= 0.3 is 0 Å². The topological polar surface area (TPSA) is 73.1 Å². The number of nitriles is 1. The number of benzene rings is 2. The molecule has 24 heavy (non-hydrogen) atoms. The average molecular weight is 361 g/mol. The summed E-state index contributed by atoms with van der Waals surface area (Å²) in [5.74, 6) is -0.381. The van der Waals surface area contributed by atoms with Gasteiger partial charge in [0.1, 0.15) is 17.4 Å². The first-order chi connectivity index (χ1) is 11.3. The van der Waals surface area contributed by atoms with Gasteiger partial charge in [-0.2, -0.15) is 5.26 Å². The van der Waals surface area contributed by atoms with E-state index in [0.29, 0.717) is 27.4 Å². The molecular formula is C18H14Cl2N2O2. The number of nitrogens with zero attached hydrogens (tertiary/aromatic N) is 1. The number of rotatable bonds is 3. The SMILES string of the molecule is Cc1cc(C=C(C#N)C(=O)Nc2ccc(Cl)cc2Cl)cc(C)c1O. The maximum absolute atomic E-state index is 12.3. The van der Waals surface area contributed by atoms with Gasteiger partial charge in [-0.05, 0) is 66.9 Å². The highest BCUT2D eigenvalue weighted by Gasteiger charge is 2.12. The number of nitrogens with one attached hydrogen (secondary N) is 1. The Bertz CT molecular complexity index is 860. The molecule has 0 bridgehead atoms. The van der Waals surface area contributed by atoms with Crippen LogP contribution >= 0.6 is 23.2 Å². The van der Waals surface area contributed by atoms with Crippen molar-refractivity contribution in [3.05, 3.63) is 62.6 Å². The summed E-state index contributed by atoms with van der Waals surface area (Å²) in [4.78, 5) is 12.3. The largest absolute Gasteiger partial charge is 0.507 e. The van der Waals surface area contributed by atoms with Crippen LogP contribution in [0.4, 0.5) is 5.69 Å². The number of aryl methyl sites for hydroxylation is 2. The lowest BCUT2D eigenvalue weighted by atomic mass is 10.0. The number of phenolic OH excluding ortho intramolecular Hbond substituents is 1. The highest BCUT2D eigenvalue weighted by atomic mass is 35.5. The number of aromatic hydroxyl groups is 1. The molecule has 0 aliphatic rings. The van der Waals surface area contributed by atoms with Gasteiger partial charge in [-0.3, -0.25) is 4.79 Å². The van der Waals surface area contributed by atoms with Crippen molar-refractivity contribution in [2.45, 2.75) is 13.8 Å². The van der Waals surface area contributed by atoms with Crippen LogP contribution < -0.4 is 5.32 Å². The summed E-state index contributed by atoms with van der Waals surface area (Å²) in [5, 5.41) is 22.4. The molecular weight excluding hydrogens is 347 g/mol. The molecule has 0 atom stereocenters. The van der Waals surface area contributed by atoms with E-state index in [1.54, 1.807) is 38.1 Å². The van der Waals surface area contributed by atoms with Crippen LogP contribution in [0.25, 0.3) is 6.08 Å². The van der Waals surface area contributed by atoms with E-state index in [1.807, 2.05) is 6.07 Å². The molecule has 2 aromatic carbocycles. The number of hydrogen-bond donors (Lipinski definition) is 2. The van der Waals surface area contributed by atoms with Crippen LogP contribution in [0.15, 0.2) is 35.9 Å². The lowest BCUT2D eigenvalue weighted by molar-refractivity contribution is -0.112. The van der Waals surface area contributed by atoms with Crippen LogP contribution in [0.1, 0.15) is 16.7 Å². The molecule has 0 fully saturated rings. The van der Waals surface area contributed by atoms with Gasteiger partial charge < -0.3 is 10.4 Å². The monoisotopic (exact) mass is 360 g/mol. The smallest absolute Gasteiger partial charge is 0.266 e. The predicted molar refractivity (Wildman–Crippen MR) is 96.3 cm³/mol. The Hall–Kier alpha value is -2.48. The number of hydrogen-bond acceptors (Lipinski definition) is 3. The Kier molecular flexibility index (Phi) is 5.50. The molecule has 2 rings (SSSR count). The second-order valence-corrected chi connectivity index (χ2v) is 6.10. The maximum atomic E-state index is 12.3. The van der Waals surface area contributed by atoms with Crippen molar-refractivity contribution in [1.82, 2.24) is 0 Å². The Labute approximate surface area is 149 Å². The van der Waals surface area contributed by atoms with Gasteiger partial charge in [-0.25, -0.2) is 0 Å². The van der Waals surface area contributed by atoms with Crippen LogP contribution in [0, 0.1) is 25.2 Å². The summed E-state index contributed by atoms with van der Waals surface area (Å²) in [5.41, 5.74) is 2.27. The molecule has 0 aliphatic heterocycles. The predicted octanol–water partition coefficient (Wildman–Crippen LogP) is 4.86. The normalized spacial score (nSPS) is 11.0. The fourth-order valence-corrected chi connectivity index (χ4v) is 2.62. The summed E-state index contributed by atoms with van der Waals surface area (Å²) < 4.78 is 0. The molecule has 6 heteroatoms. The second kappa shape index (κ2) is 7.39. The molecule has 0 saturated carbocycles. The van der Waals surface area contributed by atoms with Crippen molar-refractivity contribution >= 4 is 40.9 Å². The summed E-state index contributed by atoms with van der Waals surface area (Å²) in [6.45, 7) is 3.50. The molecule has 0 aliphatic carbocycles. The molecule has 0 spiro atoms. The Morgan fingerprint density at radius 3 is 2.38 bits per heavy atom. The average Bonchev–Trinajstić information content (AvgIpc) is 2.52. The van der Waals surface area contributed by atoms with E-state index in [2.05, 4.69) is 5.32 Å². The van der Waals surface area contributed by atoms with Crippen LogP contribution in [-0.2, 0) is 4.79 Å². The number of amides is 1. The molecule has 1 amide bonds. The summed E-state index contributed by atoms with van der Waals surface area (Å²) >= 11 is 11.8. The van der Waals surface area contributed by atoms with E-state index in [0.717, 1.165) is 0 Å². The van der Waals surface area contributed by atoms with E-state index in [1.165, 1.54) is 12.1 Å². The van der Waals surface area contributed by atoms with Crippen LogP contribution in [0.5, 0.6) is 5.75 Å². The number of carbonyl (C=O) groups is 1. The molecule has 122 valence electrons. The minimum Gasteiger partial charge on any atom is -0.507 e. The highest BCUT2D eigenvalue weighted by Crippen LogP contribution is 2.27. The zero-order valence-electron chi connectivity index (χ0n) is 13.0. The first kappa shape index (κ1) is 17.9. The van der Waals surface area contributed by atoms with Crippen LogP contribution in [0.2, 0.25) is 10.0 Å². The van der Waals surface area contributed by atoms with Gasteiger partial charge in [-0.1, -0.05) is 23.2 Å². The molecule has 0 aromatic heterocycles. The quantitative estimate of drug-likeness (QED) is 0.606. The van der Waals surface area contributed by atoms with Crippen molar-refractivity contribution in [1.29, 1.82) is 5.26 Å². The maximum Gasteiger partial charge on any atom is 0.266 e. The first-order valence-corrected chi connectivity index (χ1v) is 7.76. The van der Waals surface area contributed by atoms with Crippen molar-refractivity contribution in [3.63, 3.8) is 0 Å². The second-order valence-electron chi connectivity index (χ2n) is 5.25. The molecule has 2 N–H and O–H groups in total. The zero-order valence-corrected chi connectivity index (χ0v) is 14.5. The summed E-state index contributed by atoms with van der Waals surface area (Å²) in [6.07, 6.45) is 1.46. The third-order valence-corrected chi connectivity index (χ3v) is 3.92. The van der Waals surface area contributed by atoms with E-state index in [-0.39, 0.29) is 16.3 Å². The highest BCUT2D eigenvalue weighted by molar-refractivity contribution is 6.36. The van der Waals surface area contributed by atoms with Crippen molar-refractivity contribution < 1.29 is 9.90 Å². The standard InChI is InChI=1S/C18H14Cl2N2O2/c1-10-5-12(6-11(2)17(10)23)7-13(9-21)18(24)22-16-4-3-14(19)8-15(16)20/h3-8,23H,1-2H3,(H,22,24). The third-order valence-electron chi connectivity index (χ3n) is 3.37. The molecule has 0 radical (unpaired) electrons. The van der Waals surface area contributed by atoms with Crippen LogP contribution in [0.3, 0.4) is 0 Å². The molecule has 0 saturated heterocycles. The molecule has 2 aromatic rings. The van der Waals surface area contributed by atoms with Gasteiger partial charge in [0.2, 0.25) is 0 Å². The zero-order chi connectivity index (χ0) is 17.9. The fraction of sp³-hybridized carbons (Fsp3) is 0.111. The number of phenols is 1. The lowest BCUT2D eigenvalue weighted by Gasteiger charge is -2.08. The van der Waals surface area contributed by atoms with Gasteiger partial charge in [0, 0.05) is 5.02 Å². The number of anilines is 1.